The molecular formula is C14H19N5O2. The molecule has 0 saturated heterocycles. The lowest BCUT2D eigenvalue weighted by molar-refractivity contribution is -0.138. The minimum atomic E-state index is -0.814. The predicted molar refractivity (Wildman–Crippen MR) is 77.2 cm³/mol. The number of hydrogen-bond donors (Lipinski definition) is 1. The Kier molecular flexibility index (Phi) is 5.39. The lowest BCUT2D eigenvalue weighted by atomic mass is 10.3. The van der Waals surface area contributed by atoms with E-state index in [1.807, 2.05) is 42.2 Å². The van der Waals surface area contributed by atoms with E-state index in [9.17, 15) is 4.79 Å². The molecular weight excluding hydrogens is 270 g/mol. The molecule has 7 heteroatoms. The monoisotopic (exact) mass is 289 g/mol. The molecule has 0 radical (unpaired) electrons. The summed E-state index contributed by atoms with van der Waals surface area (Å²) in [7, 11) is 0. The minimum Gasteiger partial charge on any atom is -0.480 e. The maximum atomic E-state index is 10.8. The highest BCUT2D eigenvalue weighted by molar-refractivity contribution is 5.69. The Morgan fingerprint density at radius 3 is 2.71 bits per heavy atom. The van der Waals surface area contributed by atoms with Gasteiger partial charge in [-0.15, -0.1) is 5.10 Å². The molecule has 1 heterocycles. The summed E-state index contributed by atoms with van der Waals surface area (Å²) in [5, 5.41) is 20.6. The van der Waals surface area contributed by atoms with Crippen molar-refractivity contribution in [3.63, 3.8) is 0 Å². The standard InChI is InChI=1S/C14H19N5O2/c1-2-9-18(11-14(20)21)10-8-13-15-16-17-19(13)12-6-4-3-5-7-12/h3-7H,2,8-11H2,1H3,(H,20,21). The van der Waals surface area contributed by atoms with Crippen LogP contribution in [0.2, 0.25) is 0 Å². The largest absolute Gasteiger partial charge is 0.480 e. The first-order valence-corrected chi connectivity index (χ1v) is 6.97. The highest BCUT2D eigenvalue weighted by Gasteiger charge is 2.12. The number of aromatic nitrogens is 4. The molecule has 1 aromatic carbocycles. The topological polar surface area (TPSA) is 84.1 Å². The Morgan fingerprint density at radius 1 is 1.29 bits per heavy atom. The van der Waals surface area contributed by atoms with Gasteiger partial charge in [0.15, 0.2) is 5.82 Å². The van der Waals surface area contributed by atoms with Gasteiger partial charge in [0.2, 0.25) is 0 Å². The normalized spacial score (nSPS) is 11.0. The van der Waals surface area contributed by atoms with E-state index in [0.717, 1.165) is 24.5 Å². The van der Waals surface area contributed by atoms with E-state index in [4.69, 9.17) is 5.11 Å². The van der Waals surface area contributed by atoms with Crippen molar-refractivity contribution in [2.75, 3.05) is 19.6 Å². The van der Waals surface area contributed by atoms with E-state index in [1.54, 1.807) is 4.68 Å². The number of para-hydroxylation sites is 1. The van der Waals surface area contributed by atoms with Crippen LogP contribution in [0.4, 0.5) is 0 Å². The molecule has 21 heavy (non-hydrogen) atoms. The third kappa shape index (κ3) is 4.35. The van der Waals surface area contributed by atoms with Crippen molar-refractivity contribution < 1.29 is 9.90 Å². The quantitative estimate of drug-likeness (QED) is 0.780. The van der Waals surface area contributed by atoms with E-state index in [1.165, 1.54) is 0 Å². The van der Waals surface area contributed by atoms with Crippen LogP contribution in [0.15, 0.2) is 30.3 Å². The molecule has 0 atom stereocenters. The Balaban J connectivity index is 2.03. The summed E-state index contributed by atoms with van der Waals surface area (Å²) in [6.45, 7) is 3.44. The lowest BCUT2D eigenvalue weighted by Crippen LogP contribution is -2.32. The van der Waals surface area contributed by atoms with Crippen LogP contribution in [0.5, 0.6) is 0 Å². The van der Waals surface area contributed by atoms with Crippen LogP contribution in [0.3, 0.4) is 0 Å². The number of carboxylic acids is 1. The minimum absolute atomic E-state index is 0.0424. The molecule has 0 aliphatic heterocycles. The van der Waals surface area contributed by atoms with Gasteiger partial charge < -0.3 is 5.11 Å². The zero-order valence-electron chi connectivity index (χ0n) is 12.0. The van der Waals surface area contributed by atoms with Gasteiger partial charge in [-0.05, 0) is 35.5 Å². The van der Waals surface area contributed by atoms with Gasteiger partial charge in [0.25, 0.3) is 0 Å². The summed E-state index contributed by atoms with van der Waals surface area (Å²) < 4.78 is 1.69. The Morgan fingerprint density at radius 2 is 2.05 bits per heavy atom. The first kappa shape index (κ1) is 15.1. The molecule has 0 saturated carbocycles. The number of hydrogen-bond acceptors (Lipinski definition) is 5. The number of carbonyl (C=O) groups is 1. The SMILES string of the molecule is CCCN(CCc1nnnn1-c1ccccc1)CC(=O)O. The van der Waals surface area contributed by atoms with Crippen LogP contribution in [0, 0.1) is 0 Å². The highest BCUT2D eigenvalue weighted by atomic mass is 16.4. The van der Waals surface area contributed by atoms with Gasteiger partial charge in [-0.25, -0.2) is 0 Å². The lowest BCUT2D eigenvalue weighted by Gasteiger charge is -2.18. The predicted octanol–water partition coefficient (Wildman–Crippen LogP) is 1.00. The Hall–Kier alpha value is -2.28. The van der Waals surface area contributed by atoms with Gasteiger partial charge in [-0.2, -0.15) is 4.68 Å². The van der Waals surface area contributed by atoms with Crippen molar-refractivity contribution in [1.29, 1.82) is 0 Å². The molecule has 2 aromatic rings. The molecule has 0 amide bonds. The smallest absolute Gasteiger partial charge is 0.317 e. The van der Waals surface area contributed by atoms with Crippen molar-refractivity contribution in [3.8, 4) is 5.69 Å². The van der Waals surface area contributed by atoms with Crippen molar-refractivity contribution in [2.24, 2.45) is 0 Å². The summed E-state index contributed by atoms with van der Waals surface area (Å²) in [6, 6.07) is 9.65. The van der Waals surface area contributed by atoms with E-state index in [-0.39, 0.29) is 6.54 Å². The van der Waals surface area contributed by atoms with E-state index in [0.29, 0.717) is 13.0 Å². The summed E-state index contributed by atoms with van der Waals surface area (Å²) in [5.41, 5.74) is 0.901. The van der Waals surface area contributed by atoms with Crippen molar-refractivity contribution in [1.82, 2.24) is 25.1 Å². The maximum absolute atomic E-state index is 10.8. The molecule has 2 rings (SSSR count). The summed E-state index contributed by atoms with van der Waals surface area (Å²) in [4.78, 5) is 12.7. The van der Waals surface area contributed by atoms with Gasteiger partial charge in [0, 0.05) is 13.0 Å². The first-order chi connectivity index (χ1) is 10.2. The zero-order valence-corrected chi connectivity index (χ0v) is 12.0. The van der Waals surface area contributed by atoms with E-state index < -0.39 is 5.97 Å². The first-order valence-electron chi connectivity index (χ1n) is 6.97. The van der Waals surface area contributed by atoms with Crippen LogP contribution >= 0.6 is 0 Å². The molecule has 1 N–H and O–H groups in total. The summed E-state index contributed by atoms with van der Waals surface area (Å²) in [6.07, 6.45) is 1.52. The summed E-state index contributed by atoms with van der Waals surface area (Å²) >= 11 is 0. The molecule has 0 aliphatic carbocycles. The molecule has 0 bridgehead atoms. The van der Waals surface area contributed by atoms with Gasteiger partial charge >= 0.3 is 5.97 Å². The van der Waals surface area contributed by atoms with Crippen LogP contribution in [-0.4, -0.2) is 55.8 Å². The average Bonchev–Trinajstić information content (AvgIpc) is 2.94. The molecule has 0 spiro atoms. The third-order valence-corrected chi connectivity index (χ3v) is 3.09. The molecule has 112 valence electrons. The van der Waals surface area contributed by atoms with Crippen molar-refractivity contribution >= 4 is 5.97 Å². The van der Waals surface area contributed by atoms with E-state index in [2.05, 4.69) is 15.5 Å². The second-order valence-corrected chi connectivity index (χ2v) is 4.76. The van der Waals surface area contributed by atoms with Gasteiger partial charge in [-0.1, -0.05) is 25.1 Å². The van der Waals surface area contributed by atoms with Crippen LogP contribution < -0.4 is 0 Å². The van der Waals surface area contributed by atoms with Gasteiger partial charge in [-0.3, -0.25) is 9.69 Å². The average molecular weight is 289 g/mol. The highest BCUT2D eigenvalue weighted by Crippen LogP contribution is 2.08. The van der Waals surface area contributed by atoms with Crippen molar-refractivity contribution in [2.45, 2.75) is 19.8 Å². The second kappa shape index (κ2) is 7.49. The van der Waals surface area contributed by atoms with Gasteiger partial charge in [0.05, 0.1) is 12.2 Å². The van der Waals surface area contributed by atoms with Gasteiger partial charge in [0.1, 0.15) is 0 Å². The second-order valence-electron chi connectivity index (χ2n) is 4.76. The summed E-state index contributed by atoms with van der Waals surface area (Å²) in [5.74, 6) is -0.0845. The van der Waals surface area contributed by atoms with Crippen LogP contribution in [0.1, 0.15) is 19.2 Å². The molecule has 0 unspecified atom stereocenters. The maximum Gasteiger partial charge on any atom is 0.317 e. The third-order valence-electron chi connectivity index (χ3n) is 3.09. The fourth-order valence-electron chi connectivity index (χ4n) is 2.17. The molecule has 1 aromatic heterocycles. The number of aliphatic carboxylic acids is 1. The Labute approximate surface area is 123 Å². The van der Waals surface area contributed by atoms with Crippen molar-refractivity contribution in [3.05, 3.63) is 36.2 Å². The Bertz CT molecular complexity index is 570. The number of carboxylic acid groups (broad SMARTS) is 1. The molecule has 0 fully saturated rings. The zero-order chi connectivity index (χ0) is 15.1. The number of rotatable bonds is 8. The molecule has 0 aliphatic rings. The molecule has 7 nitrogen and oxygen atoms in total. The number of nitrogens with zero attached hydrogens (tertiary/aromatic N) is 5. The fraction of sp³-hybridized carbons (Fsp3) is 0.429. The van der Waals surface area contributed by atoms with Crippen LogP contribution in [0.25, 0.3) is 5.69 Å². The number of benzene rings is 1. The van der Waals surface area contributed by atoms with E-state index >= 15 is 0 Å². The van der Waals surface area contributed by atoms with Crippen LogP contribution in [-0.2, 0) is 11.2 Å². The fourth-order valence-corrected chi connectivity index (χ4v) is 2.17. The number of tetrazole rings is 1.